The van der Waals surface area contributed by atoms with Crippen molar-refractivity contribution in [2.75, 3.05) is 6.54 Å². The molecule has 0 saturated carbocycles. The Balaban J connectivity index is 2.10. The van der Waals surface area contributed by atoms with Gasteiger partial charge in [0.25, 0.3) is 0 Å². The maximum Gasteiger partial charge on any atom is 0.219 e. The van der Waals surface area contributed by atoms with Crippen LogP contribution in [0, 0.1) is 0 Å². The van der Waals surface area contributed by atoms with Crippen LogP contribution in [0.4, 0.5) is 0 Å². The fourth-order valence-electron chi connectivity index (χ4n) is 2.75. The number of fused-ring (bicyclic) bond motifs is 1. The van der Waals surface area contributed by atoms with Gasteiger partial charge in [-0.3, -0.25) is 9.48 Å². The van der Waals surface area contributed by atoms with Crippen molar-refractivity contribution in [2.24, 2.45) is 0 Å². The van der Waals surface area contributed by atoms with Crippen molar-refractivity contribution >= 4 is 5.91 Å². The quantitative estimate of drug-likeness (QED) is 0.845. The summed E-state index contributed by atoms with van der Waals surface area (Å²) in [5, 5.41) is 4.71. The zero-order chi connectivity index (χ0) is 14.3. The van der Waals surface area contributed by atoms with E-state index in [1.54, 1.807) is 13.2 Å². The molecule has 0 spiro atoms. The molecule has 1 amide bonds. The first kappa shape index (κ1) is 13.0. The molecule has 0 atom stereocenters. The van der Waals surface area contributed by atoms with Crippen molar-refractivity contribution in [3.05, 3.63) is 29.7 Å². The second-order valence-corrected chi connectivity index (χ2v) is 5.48. The number of furan rings is 1. The molecule has 20 heavy (non-hydrogen) atoms. The van der Waals surface area contributed by atoms with E-state index in [0.29, 0.717) is 12.6 Å². The molecule has 0 unspecified atom stereocenters. The minimum absolute atomic E-state index is 0.110. The lowest BCUT2D eigenvalue weighted by atomic mass is 10.0. The van der Waals surface area contributed by atoms with Crippen molar-refractivity contribution in [1.82, 2.24) is 14.7 Å². The highest BCUT2D eigenvalue weighted by molar-refractivity contribution is 5.74. The van der Waals surface area contributed by atoms with E-state index >= 15 is 0 Å². The molecule has 0 N–H and O–H groups in total. The summed E-state index contributed by atoms with van der Waals surface area (Å²) in [5.41, 5.74) is 3.21. The van der Waals surface area contributed by atoms with E-state index in [-0.39, 0.29) is 5.91 Å². The Morgan fingerprint density at radius 1 is 1.45 bits per heavy atom. The van der Waals surface area contributed by atoms with Gasteiger partial charge in [-0.2, -0.15) is 5.10 Å². The van der Waals surface area contributed by atoms with Crippen molar-refractivity contribution in [3.8, 4) is 11.5 Å². The van der Waals surface area contributed by atoms with E-state index < -0.39 is 0 Å². The van der Waals surface area contributed by atoms with Crippen LogP contribution in [0.25, 0.3) is 11.5 Å². The summed E-state index contributed by atoms with van der Waals surface area (Å²) in [4.78, 5) is 13.5. The summed E-state index contributed by atoms with van der Waals surface area (Å²) in [5.74, 6) is 0.879. The first-order valence-electron chi connectivity index (χ1n) is 6.97. The minimum atomic E-state index is 0.110. The number of hydrogen-bond donors (Lipinski definition) is 0. The van der Waals surface area contributed by atoms with Crippen LogP contribution in [0.3, 0.4) is 0 Å². The number of rotatable bonds is 2. The summed E-state index contributed by atoms with van der Waals surface area (Å²) in [7, 11) is 0. The molecule has 0 saturated heterocycles. The van der Waals surface area contributed by atoms with Gasteiger partial charge in [-0.15, -0.1) is 0 Å². The molecule has 0 bridgehead atoms. The molecular weight excluding hydrogens is 254 g/mol. The van der Waals surface area contributed by atoms with E-state index in [1.807, 2.05) is 17.0 Å². The van der Waals surface area contributed by atoms with Gasteiger partial charge in [-0.25, -0.2) is 0 Å². The van der Waals surface area contributed by atoms with Gasteiger partial charge in [0.15, 0.2) is 5.76 Å². The zero-order valence-electron chi connectivity index (χ0n) is 12.1. The number of carbonyl (C=O) groups is 1. The van der Waals surface area contributed by atoms with Gasteiger partial charge < -0.3 is 9.32 Å². The summed E-state index contributed by atoms with van der Waals surface area (Å²) in [6.07, 6.45) is 2.50. The van der Waals surface area contributed by atoms with Crippen LogP contribution in [0.15, 0.2) is 22.8 Å². The molecule has 0 radical (unpaired) electrons. The van der Waals surface area contributed by atoms with Gasteiger partial charge in [-0.05, 0) is 26.0 Å². The van der Waals surface area contributed by atoms with Gasteiger partial charge >= 0.3 is 0 Å². The van der Waals surface area contributed by atoms with Crippen molar-refractivity contribution in [3.63, 3.8) is 0 Å². The Hall–Kier alpha value is -2.04. The highest BCUT2D eigenvalue weighted by Gasteiger charge is 2.28. The third-order valence-electron chi connectivity index (χ3n) is 3.78. The summed E-state index contributed by atoms with van der Waals surface area (Å²) < 4.78 is 7.56. The smallest absolute Gasteiger partial charge is 0.219 e. The first-order chi connectivity index (χ1) is 9.58. The maximum absolute atomic E-state index is 11.6. The van der Waals surface area contributed by atoms with Crippen LogP contribution in [0.2, 0.25) is 0 Å². The van der Waals surface area contributed by atoms with Gasteiger partial charge in [0.2, 0.25) is 5.91 Å². The van der Waals surface area contributed by atoms with E-state index in [4.69, 9.17) is 9.52 Å². The summed E-state index contributed by atoms with van der Waals surface area (Å²) in [6.45, 7) is 7.24. The Bertz CT molecular complexity index is 626. The Kier molecular flexibility index (Phi) is 3.12. The number of hydrogen-bond acceptors (Lipinski definition) is 3. The third-order valence-corrected chi connectivity index (χ3v) is 3.78. The number of nitrogens with zero attached hydrogens (tertiary/aromatic N) is 3. The second kappa shape index (κ2) is 4.81. The Morgan fingerprint density at radius 3 is 2.85 bits per heavy atom. The van der Waals surface area contributed by atoms with Gasteiger partial charge in [0, 0.05) is 43.7 Å². The Morgan fingerprint density at radius 2 is 2.25 bits per heavy atom. The molecule has 1 aliphatic rings. The van der Waals surface area contributed by atoms with E-state index in [9.17, 15) is 4.79 Å². The third kappa shape index (κ3) is 2.03. The molecule has 106 valence electrons. The molecule has 5 heteroatoms. The van der Waals surface area contributed by atoms with Crippen LogP contribution in [0.1, 0.15) is 38.1 Å². The Labute approximate surface area is 118 Å². The van der Waals surface area contributed by atoms with E-state index in [0.717, 1.165) is 30.0 Å². The standard InChI is InChI=1S/C15H19N3O2/c1-10(2)18-13-6-7-17(11(3)19)9-12(13)15(16-18)14-5-4-8-20-14/h4-5,8,10H,6-7,9H2,1-3H3. The summed E-state index contributed by atoms with van der Waals surface area (Å²) >= 11 is 0. The predicted molar refractivity (Wildman–Crippen MR) is 75.1 cm³/mol. The summed E-state index contributed by atoms with van der Waals surface area (Å²) in [6, 6.07) is 4.08. The molecule has 1 aliphatic heterocycles. The number of carbonyl (C=O) groups excluding carboxylic acids is 1. The number of amides is 1. The molecule has 3 rings (SSSR count). The molecule has 0 aliphatic carbocycles. The highest BCUT2D eigenvalue weighted by atomic mass is 16.3. The average molecular weight is 273 g/mol. The topological polar surface area (TPSA) is 51.3 Å². The molecule has 0 aromatic carbocycles. The van der Waals surface area contributed by atoms with Crippen LogP contribution in [0.5, 0.6) is 0 Å². The molecule has 3 heterocycles. The van der Waals surface area contributed by atoms with Crippen LogP contribution < -0.4 is 0 Å². The van der Waals surface area contributed by atoms with E-state index in [1.165, 1.54) is 5.69 Å². The minimum Gasteiger partial charge on any atom is -0.463 e. The van der Waals surface area contributed by atoms with Crippen molar-refractivity contribution < 1.29 is 9.21 Å². The monoisotopic (exact) mass is 273 g/mol. The van der Waals surface area contributed by atoms with Crippen LogP contribution in [-0.2, 0) is 17.8 Å². The first-order valence-corrected chi connectivity index (χ1v) is 6.97. The molecule has 2 aromatic heterocycles. The molecular formula is C15H19N3O2. The van der Waals surface area contributed by atoms with Crippen LogP contribution in [-0.4, -0.2) is 27.1 Å². The number of aromatic nitrogens is 2. The van der Waals surface area contributed by atoms with Crippen LogP contribution >= 0.6 is 0 Å². The van der Waals surface area contributed by atoms with E-state index in [2.05, 4.69) is 18.5 Å². The van der Waals surface area contributed by atoms with Crippen molar-refractivity contribution in [2.45, 2.75) is 39.8 Å². The average Bonchev–Trinajstić information content (AvgIpc) is 3.04. The highest BCUT2D eigenvalue weighted by Crippen LogP contribution is 2.31. The maximum atomic E-state index is 11.6. The lowest BCUT2D eigenvalue weighted by Gasteiger charge is -2.27. The fraction of sp³-hybridized carbons (Fsp3) is 0.467. The zero-order valence-corrected chi connectivity index (χ0v) is 12.1. The fourth-order valence-corrected chi connectivity index (χ4v) is 2.75. The SMILES string of the molecule is CC(=O)N1CCc2c(c(-c3ccco3)nn2C(C)C)C1. The largest absolute Gasteiger partial charge is 0.463 e. The second-order valence-electron chi connectivity index (χ2n) is 5.48. The molecule has 2 aromatic rings. The van der Waals surface area contributed by atoms with Gasteiger partial charge in [0.05, 0.1) is 6.26 Å². The lowest BCUT2D eigenvalue weighted by molar-refractivity contribution is -0.129. The normalized spacial score (nSPS) is 14.7. The van der Waals surface area contributed by atoms with Gasteiger partial charge in [0.1, 0.15) is 5.69 Å². The van der Waals surface area contributed by atoms with Crippen molar-refractivity contribution in [1.29, 1.82) is 0 Å². The molecule has 0 fully saturated rings. The van der Waals surface area contributed by atoms with Gasteiger partial charge in [-0.1, -0.05) is 0 Å². The lowest BCUT2D eigenvalue weighted by Crippen LogP contribution is -2.34. The predicted octanol–water partition coefficient (Wildman–Crippen LogP) is 2.63. The molecule has 5 nitrogen and oxygen atoms in total.